The number of tetrazole rings is 1. The number of nitrogens with zero attached hydrogens (tertiary/aromatic N) is 4. The van der Waals surface area contributed by atoms with Gasteiger partial charge in [0.2, 0.25) is 0 Å². The van der Waals surface area contributed by atoms with Gasteiger partial charge in [-0.15, -0.1) is 5.10 Å². The smallest absolute Gasteiger partial charge is 0.182 e. The molecule has 6 heteroatoms. The molecule has 0 spiro atoms. The molecular formula is C13H19N5O. The van der Waals surface area contributed by atoms with Crippen molar-refractivity contribution < 1.29 is 4.74 Å². The van der Waals surface area contributed by atoms with Crippen molar-refractivity contribution in [3.63, 3.8) is 0 Å². The lowest BCUT2D eigenvalue weighted by atomic mass is 9.97. The van der Waals surface area contributed by atoms with E-state index in [0.29, 0.717) is 17.3 Å². The van der Waals surface area contributed by atoms with Crippen LogP contribution >= 0.6 is 0 Å². The van der Waals surface area contributed by atoms with Gasteiger partial charge in [-0.2, -0.15) is 0 Å². The molecule has 0 aliphatic heterocycles. The molecule has 1 aromatic heterocycles. The minimum absolute atomic E-state index is 0.0992. The van der Waals surface area contributed by atoms with Gasteiger partial charge in [0.1, 0.15) is 5.75 Å². The second kappa shape index (κ2) is 4.87. The van der Waals surface area contributed by atoms with E-state index in [-0.39, 0.29) is 5.41 Å². The molecule has 0 amide bonds. The van der Waals surface area contributed by atoms with E-state index in [2.05, 4.69) is 36.3 Å². The minimum atomic E-state index is 0.0992. The lowest BCUT2D eigenvalue weighted by Gasteiger charge is -2.18. The van der Waals surface area contributed by atoms with Gasteiger partial charge >= 0.3 is 0 Å². The lowest BCUT2D eigenvalue weighted by molar-refractivity contribution is 0.323. The zero-order chi connectivity index (χ0) is 14.0. The minimum Gasteiger partial charge on any atom is -0.495 e. The lowest BCUT2D eigenvalue weighted by Crippen LogP contribution is -2.17. The first-order valence-corrected chi connectivity index (χ1v) is 6.11. The van der Waals surface area contributed by atoms with Crippen LogP contribution in [0.2, 0.25) is 0 Å². The molecule has 0 saturated carbocycles. The fourth-order valence-electron chi connectivity index (χ4n) is 1.82. The Balaban J connectivity index is 2.40. The van der Waals surface area contributed by atoms with Gasteiger partial charge in [-0.3, -0.25) is 0 Å². The van der Waals surface area contributed by atoms with Gasteiger partial charge in [0.15, 0.2) is 5.82 Å². The van der Waals surface area contributed by atoms with Gasteiger partial charge < -0.3 is 10.5 Å². The fourth-order valence-corrected chi connectivity index (χ4v) is 1.82. The molecule has 19 heavy (non-hydrogen) atoms. The highest BCUT2D eigenvalue weighted by Gasteiger charge is 2.17. The highest BCUT2D eigenvalue weighted by molar-refractivity contribution is 5.65. The van der Waals surface area contributed by atoms with Gasteiger partial charge in [0.05, 0.1) is 12.8 Å². The Morgan fingerprint density at radius 1 is 1.32 bits per heavy atom. The molecule has 2 rings (SSSR count). The van der Waals surface area contributed by atoms with E-state index >= 15 is 0 Å². The van der Waals surface area contributed by atoms with Crippen molar-refractivity contribution in [2.24, 2.45) is 5.41 Å². The van der Waals surface area contributed by atoms with E-state index in [9.17, 15) is 0 Å². The highest BCUT2D eigenvalue weighted by atomic mass is 16.5. The van der Waals surface area contributed by atoms with Crippen LogP contribution in [0.1, 0.15) is 20.8 Å². The number of aromatic nitrogens is 4. The largest absolute Gasteiger partial charge is 0.495 e. The zero-order valence-electron chi connectivity index (χ0n) is 11.7. The van der Waals surface area contributed by atoms with E-state index in [1.807, 2.05) is 12.1 Å². The van der Waals surface area contributed by atoms with Crippen molar-refractivity contribution in [3.8, 4) is 17.1 Å². The third kappa shape index (κ3) is 3.01. The molecule has 1 heterocycles. The van der Waals surface area contributed by atoms with Crippen LogP contribution in [0.5, 0.6) is 5.75 Å². The Hall–Kier alpha value is -2.11. The maximum atomic E-state index is 5.81. The summed E-state index contributed by atoms with van der Waals surface area (Å²) in [7, 11) is 1.59. The third-order valence-corrected chi connectivity index (χ3v) is 2.65. The van der Waals surface area contributed by atoms with Crippen LogP contribution in [-0.2, 0) is 6.54 Å². The maximum absolute atomic E-state index is 5.81. The maximum Gasteiger partial charge on any atom is 0.182 e. The first-order chi connectivity index (χ1) is 8.90. The summed E-state index contributed by atoms with van der Waals surface area (Å²) < 4.78 is 7.02. The summed E-state index contributed by atoms with van der Waals surface area (Å²) in [6, 6.07) is 5.53. The Kier molecular flexibility index (Phi) is 3.42. The zero-order valence-corrected chi connectivity index (χ0v) is 11.7. The molecule has 0 saturated heterocycles. The van der Waals surface area contributed by atoms with Crippen LogP contribution in [0.4, 0.5) is 5.69 Å². The molecule has 0 atom stereocenters. The molecule has 0 fully saturated rings. The standard InChI is InChI=1S/C13H19N5O/c1-13(2,3)8-18-12(15-16-17-18)9-5-6-10(14)11(7-9)19-4/h5-7H,8,14H2,1-4H3. The second-order valence-corrected chi connectivity index (χ2v) is 5.68. The van der Waals surface area contributed by atoms with E-state index in [0.717, 1.165) is 12.1 Å². The van der Waals surface area contributed by atoms with Crippen molar-refractivity contribution in [2.45, 2.75) is 27.3 Å². The van der Waals surface area contributed by atoms with Gasteiger partial charge in [-0.25, -0.2) is 4.68 Å². The monoisotopic (exact) mass is 261 g/mol. The highest BCUT2D eigenvalue weighted by Crippen LogP contribution is 2.28. The number of nitrogens with two attached hydrogens (primary N) is 1. The molecule has 0 radical (unpaired) electrons. The first-order valence-electron chi connectivity index (χ1n) is 6.11. The summed E-state index contributed by atoms with van der Waals surface area (Å²) in [4.78, 5) is 0. The average molecular weight is 261 g/mol. The molecule has 0 unspecified atom stereocenters. The van der Waals surface area contributed by atoms with Crippen molar-refractivity contribution >= 4 is 5.69 Å². The van der Waals surface area contributed by atoms with Crippen LogP contribution in [-0.4, -0.2) is 27.3 Å². The summed E-state index contributed by atoms with van der Waals surface area (Å²) in [6.45, 7) is 7.16. The summed E-state index contributed by atoms with van der Waals surface area (Å²) in [5.41, 5.74) is 7.40. The number of anilines is 1. The Morgan fingerprint density at radius 3 is 2.68 bits per heavy atom. The molecule has 2 aromatic rings. The van der Waals surface area contributed by atoms with E-state index in [4.69, 9.17) is 10.5 Å². The SMILES string of the molecule is COc1cc(-c2nnnn2CC(C)(C)C)ccc1N. The van der Waals surface area contributed by atoms with Crippen LogP contribution in [0.15, 0.2) is 18.2 Å². The predicted octanol–water partition coefficient (Wildman–Crippen LogP) is 1.98. The first kappa shape index (κ1) is 13.3. The number of rotatable bonds is 3. The van der Waals surface area contributed by atoms with Gasteiger partial charge in [0.25, 0.3) is 0 Å². The van der Waals surface area contributed by atoms with Crippen molar-refractivity contribution in [1.29, 1.82) is 0 Å². The van der Waals surface area contributed by atoms with Crippen molar-refractivity contribution in [1.82, 2.24) is 20.2 Å². The number of nitrogen functional groups attached to an aromatic ring is 1. The van der Waals surface area contributed by atoms with Crippen LogP contribution < -0.4 is 10.5 Å². The number of benzene rings is 1. The van der Waals surface area contributed by atoms with Crippen molar-refractivity contribution in [3.05, 3.63) is 18.2 Å². The molecule has 6 nitrogen and oxygen atoms in total. The number of methoxy groups -OCH3 is 1. The van der Waals surface area contributed by atoms with Crippen LogP contribution in [0.25, 0.3) is 11.4 Å². The molecule has 0 bridgehead atoms. The van der Waals surface area contributed by atoms with Crippen LogP contribution in [0.3, 0.4) is 0 Å². The Bertz CT molecular complexity index is 571. The molecule has 2 N–H and O–H groups in total. The summed E-state index contributed by atoms with van der Waals surface area (Å²) >= 11 is 0. The molecule has 0 aliphatic carbocycles. The van der Waals surface area contributed by atoms with Crippen molar-refractivity contribution in [2.75, 3.05) is 12.8 Å². The number of hydrogen-bond acceptors (Lipinski definition) is 5. The summed E-state index contributed by atoms with van der Waals surface area (Å²) in [5.74, 6) is 1.34. The predicted molar refractivity (Wildman–Crippen MR) is 73.7 cm³/mol. The van der Waals surface area contributed by atoms with E-state index in [1.54, 1.807) is 17.9 Å². The number of ether oxygens (including phenoxy) is 1. The Labute approximate surface area is 112 Å². The quantitative estimate of drug-likeness (QED) is 0.855. The van der Waals surface area contributed by atoms with Gasteiger partial charge in [-0.1, -0.05) is 20.8 Å². The van der Waals surface area contributed by atoms with Gasteiger partial charge in [-0.05, 0) is 34.0 Å². The fraction of sp³-hybridized carbons (Fsp3) is 0.462. The Morgan fingerprint density at radius 2 is 2.05 bits per heavy atom. The molecule has 0 aliphatic rings. The van der Waals surface area contributed by atoms with E-state index < -0.39 is 0 Å². The third-order valence-electron chi connectivity index (χ3n) is 2.65. The van der Waals surface area contributed by atoms with Crippen LogP contribution in [0, 0.1) is 5.41 Å². The summed E-state index contributed by atoms with van der Waals surface area (Å²) in [5, 5.41) is 11.9. The average Bonchev–Trinajstić information content (AvgIpc) is 2.75. The molecule has 102 valence electrons. The van der Waals surface area contributed by atoms with Gasteiger partial charge in [0, 0.05) is 12.1 Å². The molecular weight excluding hydrogens is 242 g/mol. The van der Waals surface area contributed by atoms with E-state index in [1.165, 1.54) is 0 Å². The number of hydrogen-bond donors (Lipinski definition) is 1. The normalized spacial score (nSPS) is 11.6. The topological polar surface area (TPSA) is 78.9 Å². The summed E-state index contributed by atoms with van der Waals surface area (Å²) in [6.07, 6.45) is 0. The molecule has 1 aromatic carbocycles. The second-order valence-electron chi connectivity index (χ2n) is 5.68.